The number of nitrogens with one attached hydrogen (secondary N) is 1. The van der Waals surface area contributed by atoms with Crippen LogP contribution in [0, 0.1) is 0 Å². The zero-order valence-corrected chi connectivity index (χ0v) is 20.8. The Hall–Kier alpha value is -4.10. The first-order valence-corrected chi connectivity index (χ1v) is 11.8. The summed E-state index contributed by atoms with van der Waals surface area (Å²) in [6.45, 7) is 1.46. The number of ether oxygens (including phenoxy) is 2. The van der Waals surface area contributed by atoms with E-state index in [1.807, 2.05) is 48.5 Å². The molecule has 1 unspecified atom stereocenters. The van der Waals surface area contributed by atoms with Crippen molar-refractivity contribution in [1.29, 1.82) is 0 Å². The lowest BCUT2D eigenvalue weighted by molar-refractivity contribution is -0.130. The van der Waals surface area contributed by atoms with Crippen molar-refractivity contribution >= 4 is 34.1 Å². The highest BCUT2D eigenvalue weighted by Gasteiger charge is 2.35. The summed E-state index contributed by atoms with van der Waals surface area (Å²) in [7, 11) is 3.15. The van der Waals surface area contributed by atoms with Gasteiger partial charge in [-0.05, 0) is 35.9 Å². The van der Waals surface area contributed by atoms with Crippen molar-refractivity contribution in [3.05, 3.63) is 93.2 Å². The molecule has 3 aromatic carbocycles. The Bertz CT molecular complexity index is 1560. The average molecular weight is 502 g/mol. The number of pyridine rings is 1. The van der Waals surface area contributed by atoms with Crippen molar-refractivity contribution in [3.63, 3.8) is 0 Å². The van der Waals surface area contributed by atoms with E-state index in [4.69, 9.17) is 21.1 Å². The van der Waals surface area contributed by atoms with Crippen molar-refractivity contribution in [1.82, 2.24) is 9.99 Å². The van der Waals surface area contributed by atoms with Gasteiger partial charge in [-0.2, -0.15) is 5.10 Å². The highest BCUT2D eigenvalue weighted by atomic mass is 35.5. The molecule has 0 saturated heterocycles. The summed E-state index contributed by atoms with van der Waals surface area (Å²) in [5, 5.41) is 7.43. The fraction of sp³-hybridized carbons (Fsp3) is 0.179. The van der Waals surface area contributed by atoms with Gasteiger partial charge < -0.3 is 14.5 Å². The molecule has 182 valence electrons. The van der Waals surface area contributed by atoms with Crippen molar-refractivity contribution in [3.8, 4) is 22.6 Å². The largest absolute Gasteiger partial charge is 0.497 e. The van der Waals surface area contributed by atoms with Crippen LogP contribution in [0.1, 0.15) is 30.5 Å². The van der Waals surface area contributed by atoms with Crippen molar-refractivity contribution < 1.29 is 14.3 Å². The quantitative estimate of drug-likeness (QED) is 0.388. The minimum absolute atomic E-state index is 0.241. The fourth-order valence-electron chi connectivity index (χ4n) is 4.73. The van der Waals surface area contributed by atoms with E-state index in [9.17, 15) is 9.59 Å². The van der Waals surface area contributed by atoms with E-state index < -0.39 is 6.04 Å². The highest BCUT2D eigenvalue weighted by molar-refractivity contribution is 6.31. The molecule has 1 aliphatic heterocycles. The van der Waals surface area contributed by atoms with Gasteiger partial charge in [0.1, 0.15) is 11.5 Å². The third-order valence-corrected chi connectivity index (χ3v) is 6.59. The monoisotopic (exact) mass is 501 g/mol. The van der Waals surface area contributed by atoms with Gasteiger partial charge in [-0.1, -0.05) is 41.9 Å². The number of hydrogen-bond acceptors (Lipinski definition) is 5. The maximum absolute atomic E-state index is 13.5. The van der Waals surface area contributed by atoms with Gasteiger partial charge >= 0.3 is 0 Å². The summed E-state index contributed by atoms with van der Waals surface area (Å²) >= 11 is 6.36. The summed E-state index contributed by atoms with van der Waals surface area (Å²) in [5.41, 5.74) is 3.66. The summed E-state index contributed by atoms with van der Waals surface area (Å²) < 4.78 is 10.9. The Balaban J connectivity index is 1.72. The first-order valence-electron chi connectivity index (χ1n) is 11.4. The average Bonchev–Trinajstić information content (AvgIpc) is 3.33. The van der Waals surface area contributed by atoms with Crippen LogP contribution in [0.5, 0.6) is 11.5 Å². The molecule has 7 nitrogen and oxygen atoms in total. The van der Waals surface area contributed by atoms with E-state index in [0.29, 0.717) is 39.7 Å². The molecule has 1 atom stereocenters. The Morgan fingerprint density at radius 2 is 1.81 bits per heavy atom. The summed E-state index contributed by atoms with van der Waals surface area (Å²) in [5.74, 6) is 0.970. The van der Waals surface area contributed by atoms with E-state index in [2.05, 4.69) is 10.1 Å². The molecule has 2 heterocycles. The molecule has 0 spiro atoms. The lowest BCUT2D eigenvalue weighted by atomic mass is 9.91. The number of hydrazone groups is 1. The summed E-state index contributed by atoms with van der Waals surface area (Å²) in [6.07, 6.45) is 0.331. The normalized spacial score (nSPS) is 15.2. The second kappa shape index (κ2) is 9.51. The lowest BCUT2D eigenvalue weighted by Crippen LogP contribution is -2.24. The third kappa shape index (κ3) is 4.12. The van der Waals surface area contributed by atoms with Crippen LogP contribution in [-0.2, 0) is 4.79 Å². The molecular weight excluding hydrogens is 478 g/mol. The molecule has 8 heteroatoms. The Kier molecular flexibility index (Phi) is 6.24. The van der Waals surface area contributed by atoms with Gasteiger partial charge in [0.05, 0.1) is 31.5 Å². The second-order valence-electron chi connectivity index (χ2n) is 8.50. The maximum atomic E-state index is 13.5. The standard InChI is InChI=1S/C28H24ClN3O4/c1-16(33)32-24(20-11-10-19(35-2)14-25(20)36-3)15-23(31-32)27-26(17-7-5-4-6-8-17)21-13-18(29)9-12-22(21)30-28(27)34/h4-14,24H,15H2,1-3H3,(H,30,34). The van der Waals surface area contributed by atoms with Crippen LogP contribution in [0.4, 0.5) is 0 Å². The van der Waals surface area contributed by atoms with Gasteiger partial charge in [-0.25, -0.2) is 5.01 Å². The minimum atomic E-state index is -0.448. The topological polar surface area (TPSA) is 84.0 Å². The number of H-pyrrole nitrogens is 1. The number of amides is 1. The molecule has 0 radical (unpaired) electrons. The second-order valence-corrected chi connectivity index (χ2v) is 8.93. The predicted molar refractivity (Wildman–Crippen MR) is 141 cm³/mol. The molecule has 0 fully saturated rings. The first kappa shape index (κ1) is 23.6. The van der Waals surface area contributed by atoms with Crippen LogP contribution in [0.15, 0.2) is 76.6 Å². The predicted octanol–water partition coefficient (Wildman–Crippen LogP) is 5.56. The molecule has 4 aromatic rings. The number of aromatic nitrogens is 1. The number of benzene rings is 3. The van der Waals surface area contributed by atoms with Gasteiger partial charge in [-0.15, -0.1) is 0 Å². The van der Waals surface area contributed by atoms with Gasteiger partial charge in [0.25, 0.3) is 5.56 Å². The lowest BCUT2D eigenvalue weighted by Gasteiger charge is -2.22. The number of carbonyl (C=O) groups excluding carboxylic acids is 1. The number of aromatic amines is 1. The zero-order chi connectivity index (χ0) is 25.4. The van der Waals surface area contributed by atoms with Crippen LogP contribution in [-0.4, -0.2) is 35.8 Å². The number of methoxy groups -OCH3 is 2. The number of carbonyl (C=O) groups is 1. The van der Waals surface area contributed by atoms with Gasteiger partial charge in [0.2, 0.25) is 5.91 Å². The maximum Gasteiger partial charge on any atom is 0.258 e. The van der Waals surface area contributed by atoms with E-state index in [-0.39, 0.29) is 11.5 Å². The number of hydrogen-bond donors (Lipinski definition) is 1. The number of rotatable bonds is 5. The summed E-state index contributed by atoms with van der Waals surface area (Å²) in [4.78, 5) is 29.2. The van der Waals surface area contributed by atoms with Crippen molar-refractivity contribution in [2.45, 2.75) is 19.4 Å². The van der Waals surface area contributed by atoms with Crippen molar-refractivity contribution in [2.75, 3.05) is 14.2 Å². The molecule has 1 N–H and O–H groups in total. The van der Waals surface area contributed by atoms with E-state index in [1.54, 1.807) is 32.4 Å². The first-order chi connectivity index (χ1) is 17.4. The van der Waals surface area contributed by atoms with Gasteiger partial charge in [0.15, 0.2) is 0 Å². The van der Waals surface area contributed by atoms with E-state index in [1.165, 1.54) is 11.9 Å². The smallest absolute Gasteiger partial charge is 0.258 e. The van der Waals surface area contributed by atoms with Crippen LogP contribution < -0.4 is 15.0 Å². The molecule has 1 amide bonds. The molecule has 1 aromatic heterocycles. The zero-order valence-electron chi connectivity index (χ0n) is 20.0. The number of nitrogens with zero attached hydrogens (tertiary/aromatic N) is 2. The Morgan fingerprint density at radius 3 is 2.50 bits per heavy atom. The third-order valence-electron chi connectivity index (χ3n) is 6.36. The van der Waals surface area contributed by atoms with E-state index >= 15 is 0 Å². The highest BCUT2D eigenvalue weighted by Crippen LogP contribution is 2.41. The Labute approximate surface area is 212 Å². The Morgan fingerprint density at radius 1 is 1.03 bits per heavy atom. The van der Waals surface area contributed by atoms with Crippen LogP contribution in [0.2, 0.25) is 5.02 Å². The van der Waals surface area contributed by atoms with Crippen LogP contribution in [0.3, 0.4) is 0 Å². The molecular formula is C28H24ClN3O4. The fourth-order valence-corrected chi connectivity index (χ4v) is 4.90. The molecule has 36 heavy (non-hydrogen) atoms. The van der Waals surface area contributed by atoms with Gasteiger partial charge in [0, 0.05) is 46.5 Å². The SMILES string of the molecule is COc1ccc(C2CC(c3c(-c4ccccc4)c4cc(Cl)ccc4[nH]c3=O)=NN2C(C)=O)c(OC)c1. The van der Waals surface area contributed by atoms with E-state index in [0.717, 1.165) is 22.1 Å². The van der Waals surface area contributed by atoms with Crippen LogP contribution >= 0.6 is 11.6 Å². The minimum Gasteiger partial charge on any atom is -0.497 e. The molecule has 0 bridgehead atoms. The molecule has 1 aliphatic rings. The number of halogens is 1. The molecule has 0 aliphatic carbocycles. The summed E-state index contributed by atoms with van der Waals surface area (Å²) in [6, 6.07) is 20.0. The van der Waals surface area contributed by atoms with Gasteiger partial charge in [-0.3, -0.25) is 9.59 Å². The number of fused-ring (bicyclic) bond motifs is 1. The molecule has 0 saturated carbocycles. The van der Waals surface area contributed by atoms with Crippen molar-refractivity contribution in [2.24, 2.45) is 5.10 Å². The molecule has 5 rings (SSSR count). The van der Waals surface area contributed by atoms with Crippen LogP contribution in [0.25, 0.3) is 22.0 Å².